The topological polar surface area (TPSA) is 71.9 Å². The Labute approximate surface area is 207 Å². The first-order valence-corrected chi connectivity index (χ1v) is 15.3. The second-order valence-corrected chi connectivity index (χ2v) is 15.7. The molecule has 1 aliphatic carbocycles. The van der Waals surface area contributed by atoms with Crippen LogP contribution in [-0.4, -0.2) is 71.6 Å². The predicted molar refractivity (Wildman–Crippen MR) is 138 cm³/mol. The maximum absolute atomic E-state index is 6.35. The largest absolute Gasteiger partial charge is 0.411 e. The van der Waals surface area contributed by atoms with Crippen LogP contribution in [0.25, 0.3) is 5.57 Å². The zero-order chi connectivity index (χ0) is 25.1. The zero-order valence-electron chi connectivity index (χ0n) is 22.4. The third kappa shape index (κ3) is 9.83. The molecule has 0 fully saturated rings. The first-order valence-electron chi connectivity index (χ1n) is 12.4. The van der Waals surface area contributed by atoms with Crippen molar-refractivity contribution in [1.82, 2.24) is 9.97 Å². The molecule has 2 rings (SSSR count). The maximum atomic E-state index is 6.35. The highest BCUT2D eigenvalue weighted by atomic mass is 28.4. The molecular formula is C26H46N2O5Si. The van der Waals surface area contributed by atoms with Crippen molar-refractivity contribution in [3.05, 3.63) is 29.9 Å². The summed E-state index contributed by atoms with van der Waals surface area (Å²) in [5.41, 5.74) is 2.32. The molecule has 0 aromatic carbocycles. The van der Waals surface area contributed by atoms with E-state index in [1.807, 2.05) is 12.3 Å². The van der Waals surface area contributed by atoms with Gasteiger partial charge in [-0.3, -0.25) is 0 Å². The molecule has 0 radical (unpaired) electrons. The van der Waals surface area contributed by atoms with Crippen LogP contribution in [0.5, 0.6) is 0 Å². The highest BCUT2D eigenvalue weighted by Gasteiger charge is 2.37. The third-order valence-corrected chi connectivity index (χ3v) is 11.3. The fourth-order valence-electron chi connectivity index (χ4n) is 3.35. The van der Waals surface area contributed by atoms with E-state index in [9.17, 15) is 0 Å². The number of hydrogen-bond acceptors (Lipinski definition) is 7. The maximum Gasteiger partial charge on any atom is 0.192 e. The molecule has 0 saturated heterocycles. The molecule has 0 saturated carbocycles. The molecule has 1 atom stereocenters. The van der Waals surface area contributed by atoms with Crippen LogP contribution in [-0.2, 0) is 30.0 Å². The van der Waals surface area contributed by atoms with Gasteiger partial charge < -0.3 is 23.4 Å². The number of ether oxygens (including phenoxy) is 4. The van der Waals surface area contributed by atoms with E-state index in [0.717, 1.165) is 37.4 Å². The summed E-state index contributed by atoms with van der Waals surface area (Å²) < 4.78 is 28.1. The van der Waals surface area contributed by atoms with E-state index in [1.165, 1.54) is 5.57 Å². The Hall–Kier alpha value is -1.16. The van der Waals surface area contributed by atoms with Crippen LogP contribution in [0.3, 0.4) is 0 Å². The molecular weight excluding hydrogens is 448 g/mol. The van der Waals surface area contributed by atoms with Gasteiger partial charge in [-0.2, -0.15) is 0 Å². The fraction of sp³-hybridized carbons (Fsp3) is 0.769. The lowest BCUT2D eigenvalue weighted by molar-refractivity contribution is -0.0133. The number of methoxy groups -OCH3 is 1. The van der Waals surface area contributed by atoms with Gasteiger partial charge in [0.25, 0.3) is 0 Å². The quantitative estimate of drug-likeness (QED) is 0.243. The molecule has 1 heterocycles. The third-order valence-electron chi connectivity index (χ3n) is 6.85. The highest BCUT2D eigenvalue weighted by molar-refractivity contribution is 6.74. The van der Waals surface area contributed by atoms with E-state index in [1.54, 1.807) is 7.11 Å². The van der Waals surface area contributed by atoms with E-state index < -0.39 is 8.32 Å². The molecule has 1 aromatic rings. The van der Waals surface area contributed by atoms with Crippen molar-refractivity contribution in [3.63, 3.8) is 0 Å². The second kappa shape index (κ2) is 13.8. The molecule has 34 heavy (non-hydrogen) atoms. The van der Waals surface area contributed by atoms with Gasteiger partial charge in [0.05, 0.1) is 58.5 Å². The summed E-state index contributed by atoms with van der Waals surface area (Å²) in [6.07, 6.45) is 7.12. The fourth-order valence-corrected chi connectivity index (χ4v) is 4.29. The Balaban J connectivity index is 1.74. The number of hydrogen-bond donors (Lipinski definition) is 0. The minimum atomic E-state index is -1.80. The standard InChI is InChI=1S/C26H46N2O5Si/c1-25(2,3)34(6,7)33-20-23-10-13-27-24(28-23)22-8-11-26(4,12-9-22)21-32-19-18-31-17-16-30-15-14-29-5/h8,10,13H,9,11-12,14-21H2,1-7H3/t26-/m1/s1. The molecule has 8 heteroatoms. The van der Waals surface area contributed by atoms with Crippen LogP contribution >= 0.6 is 0 Å². The van der Waals surface area contributed by atoms with Gasteiger partial charge in [-0.05, 0) is 54.4 Å². The van der Waals surface area contributed by atoms with Gasteiger partial charge in [0.2, 0.25) is 0 Å². The van der Waals surface area contributed by atoms with Crippen LogP contribution < -0.4 is 0 Å². The lowest BCUT2D eigenvalue weighted by Gasteiger charge is -2.36. The molecule has 0 N–H and O–H groups in total. The zero-order valence-corrected chi connectivity index (χ0v) is 23.4. The molecule has 0 amide bonds. The monoisotopic (exact) mass is 494 g/mol. The van der Waals surface area contributed by atoms with Crippen molar-refractivity contribution in [3.8, 4) is 0 Å². The summed E-state index contributed by atoms with van der Waals surface area (Å²) in [6, 6.07) is 1.96. The highest BCUT2D eigenvalue weighted by Crippen LogP contribution is 2.38. The van der Waals surface area contributed by atoms with E-state index in [0.29, 0.717) is 46.2 Å². The molecule has 7 nitrogen and oxygen atoms in total. The lowest BCUT2D eigenvalue weighted by atomic mass is 9.77. The summed E-state index contributed by atoms with van der Waals surface area (Å²) in [7, 11) is -0.138. The van der Waals surface area contributed by atoms with E-state index >= 15 is 0 Å². The van der Waals surface area contributed by atoms with Gasteiger partial charge in [0.1, 0.15) is 0 Å². The Morgan fingerprint density at radius 1 is 1.00 bits per heavy atom. The normalized spacial score (nSPS) is 19.3. The molecule has 0 unspecified atom stereocenters. The number of rotatable bonds is 15. The molecule has 0 aliphatic heterocycles. The predicted octanol–water partition coefficient (Wildman–Crippen LogP) is 5.27. The van der Waals surface area contributed by atoms with Crippen LogP contribution in [0, 0.1) is 5.41 Å². The minimum Gasteiger partial charge on any atom is -0.411 e. The summed E-state index contributed by atoms with van der Waals surface area (Å²) in [5.74, 6) is 0.834. The van der Waals surface area contributed by atoms with E-state index in [-0.39, 0.29) is 10.5 Å². The summed E-state index contributed by atoms with van der Waals surface area (Å²) >= 11 is 0. The molecule has 1 aliphatic rings. The molecule has 0 spiro atoms. The van der Waals surface area contributed by atoms with Crippen LogP contribution in [0.15, 0.2) is 18.3 Å². The van der Waals surface area contributed by atoms with Crippen LogP contribution in [0.4, 0.5) is 0 Å². The van der Waals surface area contributed by atoms with E-state index in [2.05, 4.69) is 51.8 Å². The van der Waals surface area contributed by atoms with Crippen LogP contribution in [0.2, 0.25) is 18.1 Å². The minimum absolute atomic E-state index is 0.135. The number of aromatic nitrogens is 2. The van der Waals surface area contributed by atoms with Crippen molar-refractivity contribution < 1.29 is 23.4 Å². The van der Waals surface area contributed by atoms with Crippen molar-refractivity contribution in [2.45, 2.75) is 71.7 Å². The molecule has 1 aromatic heterocycles. The Kier molecular flexibility index (Phi) is 11.8. The summed E-state index contributed by atoms with van der Waals surface area (Å²) in [5, 5.41) is 0.186. The molecule has 194 valence electrons. The Morgan fingerprint density at radius 3 is 2.24 bits per heavy atom. The van der Waals surface area contributed by atoms with Gasteiger partial charge in [-0.1, -0.05) is 33.8 Å². The number of allylic oxidation sites excluding steroid dienone is 2. The van der Waals surface area contributed by atoms with Gasteiger partial charge in [-0.25, -0.2) is 9.97 Å². The smallest absolute Gasteiger partial charge is 0.192 e. The summed E-state index contributed by atoms with van der Waals surface area (Å²) in [4.78, 5) is 9.35. The average molecular weight is 495 g/mol. The van der Waals surface area contributed by atoms with Crippen molar-refractivity contribution in [2.75, 3.05) is 53.4 Å². The Bertz CT molecular complexity index is 766. The SMILES string of the molecule is COCCOCCOCCOC[C@]1(C)CC=C(c2nccc(CO[Si](C)(C)C(C)(C)C)n2)CC1. The average Bonchev–Trinajstić information content (AvgIpc) is 2.79. The first-order chi connectivity index (χ1) is 16.1. The second-order valence-electron chi connectivity index (χ2n) is 10.9. The van der Waals surface area contributed by atoms with Gasteiger partial charge >= 0.3 is 0 Å². The van der Waals surface area contributed by atoms with Gasteiger partial charge in [0, 0.05) is 13.3 Å². The van der Waals surface area contributed by atoms with Crippen molar-refractivity contribution in [1.29, 1.82) is 0 Å². The molecule has 0 bridgehead atoms. The lowest BCUT2D eigenvalue weighted by Crippen LogP contribution is -2.40. The first kappa shape index (κ1) is 29.1. The van der Waals surface area contributed by atoms with E-state index in [4.69, 9.17) is 28.4 Å². The number of nitrogens with zero attached hydrogens (tertiary/aromatic N) is 2. The van der Waals surface area contributed by atoms with Gasteiger partial charge in [-0.15, -0.1) is 0 Å². The summed E-state index contributed by atoms with van der Waals surface area (Å²) in [6.45, 7) is 18.4. The van der Waals surface area contributed by atoms with Crippen LogP contribution in [0.1, 0.15) is 58.5 Å². The van der Waals surface area contributed by atoms with Crippen molar-refractivity contribution in [2.24, 2.45) is 5.41 Å². The van der Waals surface area contributed by atoms with Crippen molar-refractivity contribution >= 4 is 13.9 Å². The van der Waals surface area contributed by atoms with Gasteiger partial charge in [0.15, 0.2) is 14.1 Å². The Morgan fingerprint density at radius 2 is 1.65 bits per heavy atom.